The van der Waals surface area contributed by atoms with Crippen molar-refractivity contribution in [3.63, 3.8) is 0 Å². The lowest BCUT2D eigenvalue weighted by Crippen LogP contribution is -2.43. The smallest absolute Gasteiger partial charge is 0.214 e. The predicted molar refractivity (Wildman–Crippen MR) is 75.6 cm³/mol. The van der Waals surface area contributed by atoms with E-state index < -0.39 is 10.0 Å². The minimum Gasteiger partial charge on any atom is -0.381 e. The highest BCUT2D eigenvalue weighted by molar-refractivity contribution is 7.89. The van der Waals surface area contributed by atoms with Gasteiger partial charge in [0, 0.05) is 26.2 Å². The molecular weight excluding hydrogens is 264 g/mol. The van der Waals surface area contributed by atoms with Crippen LogP contribution in [0.25, 0.3) is 0 Å². The first-order valence-corrected chi connectivity index (χ1v) is 8.97. The second kappa shape index (κ2) is 7.02. The highest BCUT2D eigenvalue weighted by Crippen LogP contribution is 2.18. The van der Waals surface area contributed by atoms with E-state index in [1.165, 1.54) is 12.8 Å². The number of rotatable bonds is 5. The summed E-state index contributed by atoms with van der Waals surface area (Å²) < 4.78 is 31.5. The molecule has 1 atom stereocenters. The maximum absolute atomic E-state index is 12.3. The van der Waals surface area contributed by atoms with Gasteiger partial charge >= 0.3 is 0 Å². The average molecular weight is 290 g/mol. The van der Waals surface area contributed by atoms with Crippen molar-refractivity contribution < 1.29 is 13.2 Å². The minimum atomic E-state index is -3.08. The third-order valence-electron chi connectivity index (χ3n) is 4.26. The molecule has 1 unspecified atom stereocenters. The number of hydrogen-bond donors (Lipinski definition) is 1. The van der Waals surface area contributed by atoms with Crippen molar-refractivity contribution in [2.75, 3.05) is 32.5 Å². The zero-order chi connectivity index (χ0) is 13.7. The molecule has 0 aliphatic carbocycles. The summed E-state index contributed by atoms with van der Waals surface area (Å²) in [7, 11) is -1.38. The number of methoxy groups -OCH3 is 1. The van der Waals surface area contributed by atoms with Crippen LogP contribution in [0.2, 0.25) is 0 Å². The lowest BCUT2D eigenvalue weighted by atomic mass is 10.0. The molecule has 0 amide bonds. The molecule has 2 heterocycles. The van der Waals surface area contributed by atoms with Gasteiger partial charge in [-0.3, -0.25) is 0 Å². The van der Waals surface area contributed by atoms with Gasteiger partial charge in [-0.05, 0) is 38.6 Å². The standard InChI is InChI=1S/C13H26N2O3S/c1-18-13-5-9-15(10-6-13)19(16,17)11-7-12-4-2-3-8-14-12/h12-14H,2-11H2,1H3. The Balaban J connectivity index is 1.78. The molecule has 0 aromatic carbocycles. The number of sulfonamides is 1. The van der Waals surface area contributed by atoms with Gasteiger partial charge in [0.05, 0.1) is 11.9 Å². The van der Waals surface area contributed by atoms with Crippen molar-refractivity contribution in [2.24, 2.45) is 0 Å². The van der Waals surface area contributed by atoms with Crippen LogP contribution in [0.15, 0.2) is 0 Å². The van der Waals surface area contributed by atoms with Crippen LogP contribution >= 0.6 is 0 Å². The summed E-state index contributed by atoms with van der Waals surface area (Å²) in [6.45, 7) is 2.25. The molecule has 2 aliphatic rings. The SMILES string of the molecule is COC1CCN(S(=O)(=O)CCC2CCCCN2)CC1. The maximum atomic E-state index is 12.3. The highest BCUT2D eigenvalue weighted by atomic mass is 32.2. The first-order valence-electron chi connectivity index (χ1n) is 7.36. The van der Waals surface area contributed by atoms with Crippen LogP contribution in [0, 0.1) is 0 Å². The van der Waals surface area contributed by atoms with Gasteiger partial charge in [-0.2, -0.15) is 0 Å². The summed E-state index contributed by atoms with van der Waals surface area (Å²) in [5.74, 6) is 0.280. The van der Waals surface area contributed by atoms with Crippen molar-refractivity contribution in [3.05, 3.63) is 0 Å². The fourth-order valence-electron chi connectivity index (χ4n) is 2.94. The van der Waals surface area contributed by atoms with Crippen LogP contribution < -0.4 is 5.32 Å². The van der Waals surface area contributed by atoms with Gasteiger partial charge < -0.3 is 10.1 Å². The zero-order valence-corrected chi connectivity index (χ0v) is 12.6. The summed E-state index contributed by atoms with van der Waals surface area (Å²) in [4.78, 5) is 0. The molecule has 2 fully saturated rings. The largest absolute Gasteiger partial charge is 0.381 e. The Morgan fingerprint density at radius 1 is 1.21 bits per heavy atom. The lowest BCUT2D eigenvalue weighted by Gasteiger charge is -2.31. The molecule has 2 saturated heterocycles. The third kappa shape index (κ3) is 4.41. The van der Waals surface area contributed by atoms with Crippen LogP contribution in [0.4, 0.5) is 0 Å². The van der Waals surface area contributed by atoms with E-state index in [1.54, 1.807) is 11.4 Å². The molecule has 0 aromatic heterocycles. The van der Waals surface area contributed by atoms with E-state index in [9.17, 15) is 8.42 Å². The molecule has 0 radical (unpaired) electrons. The molecule has 2 aliphatic heterocycles. The second-order valence-electron chi connectivity index (χ2n) is 5.59. The number of piperidine rings is 2. The summed E-state index contributed by atoms with van der Waals surface area (Å²) in [6, 6.07) is 0.389. The summed E-state index contributed by atoms with van der Waals surface area (Å²) in [5, 5.41) is 3.41. The lowest BCUT2D eigenvalue weighted by molar-refractivity contribution is 0.0604. The summed E-state index contributed by atoms with van der Waals surface area (Å²) in [5.41, 5.74) is 0. The average Bonchev–Trinajstić information content (AvgIpc) is 2.46. The van der Waals surface area contributed by atoms with Crippen molar-refractivity contribution in [1.82, 2.24) is 9.62 Å². The molecule has 0 aromatic rings. The van der Waals surface area contributed by atoms with E-state index in [1.807, 2.05) is 0 Å². The topological polar surface area (TPSA) is 58.6 Å². The molecule has 0 spiro atoms. The highest BCUT2D eigenvalue weighted by Gasteiger charge is 2.28. The Bertz CT molecular complexity index is 358. The Hall–Kier alpha value is -0.170. The molecule has 6 heteroatoms. The van der Waals surface area contributed by atoms with Gasteiger partial charge in [0.2, 0.25) is 10.0 Å². The summed E-state index contributed by atoms with van der Waals surface area (Å²) >= 11 is 0. The Labute approximate surface area is 116 Å². The normalized spacial score (nSPS) is 27.5. The first-order chi connectivity index (χ1) is 9.12. The van der Waals surface area contributed by atoms with E-state index >= 15 is 0 Å². The van der Waals surface area contributed by atoms with E-state index in [4.69, 9.17) is 4.74 Å². The van der Waals surface area contributed by atoms with E-state index in [0.29, 0.717) is 19.1 Å². The van der Waals surface area contributed by atoms with Crippen molar-refractivity contribution in [3.8, 4) is 0 Å². The molecule has 19 heavy (non-hydrogen) atoms. The quantitative estimate of drug-likeness (QED) is 0.819. The van der Waals surface area contributed by atoms with Gasteiger partial charge in [-0.15, -0.1) is 0 Å². The molecule has 1 N–H and O–H groups in total. The minimum absolute atomic E-state index is 0.228. The first kappa shape index (κ1) is 15.2. The summed E-state index contributed by atoms with van der Waals surface area (Å²) in [6.07, 6.45) is 6.15. The van der Waals surface area contributed by atoms with Crippen LogP contribution in [0.5, 0.6) is 0 Å². The van der Waals surface area contributed by atoms with Gasteiger partial charge in [0.25, 0.3) is 0 Å². The number of nitrogens with zero attached hydrogens (tertiary/aromatic N) is 1. The molecular formula is C13H26N2O3S. The monoisotopic (exact) mass is 290 g/mol. The van der Waals surface area contributed by atoms with E-state index in [0.717, 1.165) is 32.2 Å². The second-order valence-corrected chi connectivity index (χ2v) is 7.67. The molecule has 5 nitrogen and oxygen atoms in total. The third-order valence-corrected chi connectivity index (χ3v) is 6.17. The van der Waals surface area contributed by atoms with Gasteiger partial charge in [-0.25, -0.2) is 12.7 Å². The van der Waals surface area contributed by atoms with E-state index in [-0.39, 0.29) is 11.9 Å². The molecule has 0 saturated carbocycles. The van der Waals surface area contributed by atoms with Gasteiger partial charge in [0.15, 0.2) is 0 Å². The molecule has 2 rings (SSSR count). The van der Waals surface area contributed by atoms with Crippen molar-refractivity contribution >= 4 is 10.0 Å². The van der Waals surface area contributed by atoms with Crippen LogP contribution in [-0.2, 0) is 14.8 Å². The van der Waals surface area contributed by atoms with Crippen LogP contribution in [0.3, 0.4) is 0 Å². The Kier molecular flexibility index (Phi) is 5.62. The molecule has 0 bridgehead atoms. The van der Waals surface area contributed by atoms with E-state index in [2.05, 4.69) is 5.32 Å². The van der Waals surface area contributed by atoms with Crippen molar-refractivity contribution in [2.45, 2.75) is 50.7 Å². The van der Waals surface area contributed by atoms with Crippen LogP contribution in [0.1, 0.15) is 38.5 Å². The predicted octanol–water partition coefficient (Wildman–Crippen LogP) is 0.959. The Morgan fingerprint density at radius 3 is 2.53 bits per heavy atom. The number of ether oxygens (including phenoxy) is 1. The number of nitrogens with one attached hydrogen (secondary N) is 1. The van der Waals surface area contributed by atoms with Gasteiger partial charge in [-0.1, -0.05) is 6.42 Å². The van der Waals surface area contributed by atoms with Crippen molar-refractivity contribution in [1.29, 1.82) is 0 Å². The zero-order valence-electron chi connectivity index (χ0n) is 11.8. The fourth-order valence-corrected chi connectivity index (χ4v) is 4.54. The fraction of sp³-hybridized carbons (Fsp3) is 1.00. The molecule has 112 valence electrons. The Morgan fingerprint density at radius 2 is 1.95 bits per heavy atom. The maximum Gasteiger partial charge on any atom is 0.214 e. The van der Waals surface area contributed by atoms with Crippen LogP contribution in [-0.4, -0.2) is 57.4 Å². The van der Waals surface area contributed by atoms with Gasteiger partial charge in [0.1, 0.15) is 0 Å². The number of hydrogen-bond acceptors (Lipinski definition) is 4.